The zero-order chi connectivity index (χ0) is 79.8. The van der Waals surface area contributed by atoms with Crippen LogP contribution in [0.2, 0.25) is 0 Å². The summed E-state index contributed by atoms with van der Waals surface area (Å²) in [5, 5.41) is 40.2. The molecular formula is C103H120N4O4. The molecule has 8 nitrogen and oxygen atoms in total. The maximum atomic E-state index is 14.8. The molecule has 0 fully saturated rings. The first kappa shape index (κ1) is 81.4. The molecule has 1 aliphatic carbocycles. The first-order chi connectivity index (χ1) is 52.9. The minimum Gasteiger partial charge on any atom is -0.507 e. The Morgan fingerprint density at radius 3 is 1.12 bits per heavy atom. The van der Waals surface area contributed by atoms with E-state index in [0.29, 0.717) is 79.1 Å². The van der Waals surface area contributed by atoms with Crippen molar-refractivity contribution in [1.29, 1.82) is 0 Å². The third kappa shape index (κ3) is 20.0. The zero-order valence-corrected chi connectivity index (χ0v) is 70.1. The van der Waals surface area contributed by atoms with Gasteiger partial charge in [0.2, 0.25) is 0 Å². The van der Waals surface area contributed by atoms with Gasteiger partial charge in [-0.05, 0) is 282 Å². The van der Waals surface area contributed by atoms with E-state index in [0.717, 1.165) is 47.7 Å². The highest BCUT2D eigenvalue weighted by molar-refractivity contribution is 5.94. The Labute approximate surface area is 664 Å². The smallest absolute Gasteiger partial charge is 0.156 e. The highest BCUT2D eigenvalue weighted by atomic mass is 16.3. The number of phenols is 3. The van der Waals surface area contributed by atoms with Crippen LogP contribution < -0.4 is 14.7 Å². The van der Waals surface area contributed by atoms with E-state index in [1.165, 1.54) is 134 Å². The Balaban J connectivity index is 1.13. The summed E-state index contributed by atoms with van der Waals surface area (Å²) >= 11 is 0. The van der Waals surface area contributed by atoms with Gasteiger partial charge in [0.05, 0.1) is 6.04 Å². The third-order valence-corrected chi connectivity index (χ3v) is 23.5. The number of rotatable bonds is 29. The van der Waals surface area contributed by atoms with E-state index in [4.69, 9.17) is 0 Å². The van der Waals surface area contributed by atoms with Gasteiger partial charge in [-0.2, -0.15) is 0 Å². The monoisotopic (exact) mass is 1480 g/mol. The number of carbonyl (C=O) groups excluding carboxylic acids is 1. The van der Waals surface area contributed by atoms with Crippen molar-refractivity contribution in [2.45, 2.75) is 222 Å². The molecule has 0 bridgehead atoms. The lowest BCUT2D eigenvalue weighted by molar-refractivity contribution is -0.113. The van der Waals surface area contributed by atoms with E-state index in [2.05, 4.69) is 333 Å². The van der Waals surface area contributed by atoms with E-state index in [9.17, 15) is 20.1 Å². The Hall–Kier alpha value is -10.6. The van der Waals surface area contributed by atoms with Gasteiger partial charge in [0.25, 0.3) is 0 Å². The second-order valence-electron chi connectivity index (χ2n) is 32.8. The quantitative estimate of drug-likeness (QED) is 0.0316. The van der Waals surface area contributed by atoms with Gasteiger partial charge in [0.15, 0.2) is 5.78 Å². The number of hydrogen-bond donors (Lipinski definition) is 3. The number of phenolic OH excluding ortho intramolecular Hbond substituents is 3. The maximum Gasteiger partial charge on any atom is 0.156 e. The highest BCUT2D eigenvalue weighted by Crippen LogP contribution is 2.44. The Morgan fingerprint density at radius 1 is 0.396 bits per heavy atom. The molecule has 1 aliphatic rings. The third-order valence-electron chi connectivity index (χ3n) is 23.5. The van der Waals surface area contributed by atoms with Gasteiger partial charge in [-0.25, -0.2) is 0 Å². The van der Waals surface area contributed by atoms with Crippen LogP contribution in [0.1, 0.15) is 211 Å². The summed E-state index contributed by atoms with van der Waals surface area (Å²) in [6.07, 6.45) is 9.55. The SMILES string of the molecule is CC=C(C=C(Cc1cc(N(Cc2ccc(C)cc2C)C(C)c2ccc(C)cc2C)cc(Cc2cc(N(Cc3ccc(C)cc3C)Cc3ccc(C)cc3C)cc(Cc3cc(N(CC4=C(C)C=C(C)CC4)Cc4ccc(C)cc4C)cc(CC)c3O)c2O)c1O)C(C)=O)N(Cc1ccc(C)cc1C)Cc1ccc(C)cc1C. The Kier molecular flexibility index (Phi) is 26.1. The van der Waals surface area contributed by atoms with Crippen molar-refractivity contribution < 1.29 is 20.1 Å². The predicted octanol–water partition coefficient (Wildman–Crippen LogP) is 24.6. The summed E-state index contributed by atoms with van der Waals surface area (Å²) < 4.78 is 0. The zero-order valence-electron chi connectivity index (χ0n) is 70.1. The molecule has 3 N–H and O–H groups in total. The van der Waals surface area contributed by atoms with Crippen LogP contribution in [0.15, 0.2) is 210 Å². The lowest BCUT2D eigenvalue weighted by Crippen LogP contribution is -2.27. The summed E-state index contributed by atoms with van der Waals surface area (Å²) in [4.78, 5) is 24.6. The van der Waals surface area contributed by atoms with Crippen LogP contribution in [0.5, 0.6) is 17.2 Å². The molecule has 1 unspecified atom stereocenters. The molecule has 111 heavy (non-hydrogen) atoms. The summed E-state index contributed by atoms with van der Waals surface area (Å²) in [5.41, 5.74) is 37.5. The van der Waals surface area contributed by atoms with Gasteiger partial charge < -0.3 is 34.9 Å². The Morgan fingerprint density at radius 2 is 0.739 bits per heavy atom. The second kappa shape index (κ2) is 35.6. The molecule has 10 aromatic carbocycles. The average molecular weight is 1480 g/mol. The number of hydrogen-bond acceptors (Lipinski definition) is 8. The minimum absolute atomic E-state index is 0.0607. The van der Waals surface area contributed by atoms with Crippen molar-refractivity contribution in [3.8, 4) is 17.2 Å². The lowest BCUT2D eigenvalue weighted by atomic mass is 9.91. The fourth-order valence-corrected chi connectivity index (χ4v) is 16.6. The van der Waals surface area contributed by atoms with E-state index >= 15 is 0 Å². The number of carbonyl (C=O) groups is 1. The largest absolute Gasteiger partial charge is 0.507 e. The standard InChI is InChI=1S/C103H120N4O4/c1-21-82-50-97(105(59-85-33-25-66(5)41-74(85)13)60-86-34-26-67(6)42-75(86)14)52-92(101(82)109)48-93-53-98(106(61-87-35-27-68(7)43-76(87)15)62-88-36-28-69(8)44-77(88)16)54-94(103(93)111)49-95-56-99(107(63-89-37-29-70(9)45-78(89)17)80(19)100-38-30-71(10)46-79(100)18)55-91(102(95)110)47-90(81(20)108)51-96(22-2)104(57-83-31-23-64(3)39-72(83)11)58-84-32-24-65(4)40-73(84)12/h22-25,27-33,35-46,50-56,80,109-111H,21,26,34,47-49,57-63H2,1-20H3. The molecule has 576 valence electrons. The predicted molar refractivity (Wildman–Crippen MR) is 467 cm³/mol. The molecule has 8 heteroatoms. The number of ketones is 1. The fraction of sp³-hybridized carbons (Fsp3) is 0.330. The second-order valence-corrected chi connectivity index (χ2v) is 32.8. The molecule has 0 radical (unpaired) electrons. The summed E-state index contributed by atoms with van der Waals surface area (Å²) in [5.74, 6) is 0.274. The highest BCUT2D eigenvalue weighted by Gasteiger charge is 2.28. The molecule has 0 aliphatic heterocycles. The van der Waals surface area contributed by atoms with Crippen molar-refractivity contribution in [2.75, 3.05) is 21.2 Å². The molecule has 1 atom stereocenters. The van der Waals surface area contributed by atoms with Gasteiger partial charge in [0.1, 0.15) is 17.2 Å². The van der Waals surface area contributed by atoms with Gasteiger partial charge in [-0.1, -0.05) is 197 Å². The van der Waals surface area contributed by atoms with Crippen LogP contribution in [-0.4, -0.2) is 32.5 Å². The van der Waals surface area contributed by atoms with E-state index in [-0.39, 0.29) is 48.3 Å². The number of aryl methyl sites for hydroxylation is 15. The summed E-state index contributed by atoms with van der Waals surface area (Å²) in [7, 11) is 0. The van der Waals surface area contributed by atoms with Crippen molar-refractivity contribution in [3.05, 3.63) is 360 Å². The van der Waals surface area contributed by atoms with E-state index in [1.54, 1.807) is 6.92 Å². The van der Waals surface area contributed by atoms with Gasteiger partial charge in [0, 0.05) is 121 Å². The summed E-state index contributed by atoms with van der Waals surface area (Å²) in [6, 6.07) is 59.5. The number of benzene rings is 10. The molecular weight excluding hydrogens is 1360 g/mol. The molecule has 0 aromatic heterocycles. The average Bonchev–Trinajstić information content (AvgIpc) is 0.778. The van der Waals surface area contributed by atoms with Crippen molar-refractivity contribution in [2.24, 2.45) is 0 Å². The van der Waals surface area contributed by atoms with Gasteiger partial charge in [-0.15, -0.1) is 0 Å². The number of Topliss-reactive ketones (excluding diaryl/α,β-unsaturated/α-hetero) is 1. The number of allylic oxidation sites excluding steroid dienone is 6. The van der Waals surface area contributed by atoms with Crippen molar-refractivity contribution in [3.63, 3.8) is 0 Å². The molecule has 11 rings (SSSR count). The molecule has 10 aromatic rings. The summed E-state index contributed by atoms with van der Waals surface area (Å²) in [6.45, 7) is 47.2. The molecule has 0 saturated carbocycles. The van der Waals surface area contributed by atoms with Crippen molar-refractivity contribution in [1.82, 2.24) is 4.90 Å². The minimum atomic E-state index is -0.164. The van der Waals surface area contributed by atoms with E-state index < -0.39 is 0 Å². The van der Waals surface area contributed by atoms with Crippen molar-refractivity contribution >= 4 is 22.8 Å². The lowest BCUT2D eigenvalue weighted by Gasteiger charge is -2.34. The number of nitrogens with zero attached hydrogens (tertiary/aromatic N) is 4. The van der Waals surface area contributed by atoms with Crippen LogP contribution >= 0.6 is 0 Å². The molecule has 0 saturated heterocycles. The van der Waals surface area contributed by atoms with Gasteiger partial charge >= 0.3 is 0 Å². The molecule has 0 amide bonds. The van der Waals surface area contributed by atoms with E-state index in [1.807, 2.05) is 0 Å². The molecule has 0 spiro atoms. The van der Waals surface area contributed by atoms with Crippen LogP contribution in [0.4, 0.5) is 17.1 Å². The maximum absolute atomic E-state index is 14.8. The first-order valence-electron chi connectivity index (χ1n) is 40.1. The number of aromatic hydroxyl groups is 3. The topological polar surface area (TPSA) is 90.7 Å². The fourth-order valence-electron chi connectivity index (χ4n) is 16.6. The van der Waals surface area contributed by atoms with Crippen LogP contribution in [0.3, 0.4) is 0 Å². The van der Waals surface area contributed by atoms with Crippen LogP contribution in [0, 0.1) is 96.9 Å². The number of anilines is 3. The molecule has 0 heterocycles. The first-order valence-corrected chi connectivity index (χ1v) is 40.1. The Bertz CT molecular complexity index is 5160. The normalized spacial score (nSPS) is 12.9. The van der Waals surface area contributed by atoms with Crippen LogP contribution in [-0.2, 0) is 69.7 Å². The van der Waals surface area contributed by atoms with Crippen LogP contribution in [0.25, 0.3) is 0 Å². The van der Waals surface area contributed by atoms with Gasteiger partial charge in [-0.3, -0.25) is 4.79 Å².